The number of aryl methyl sites for hydroxylation is 2. The van der Waals surface area contributed by atoms with Crippen LogP contribution in [0.1, 0.15) is 30.1 Å². The normalized spacial score (nSPS) is 12.9. The van der Waals surface area contributed by atoms with Crippen LogP contribution in [0.25, 0.3) is 0 Å². The minimum Gasteiger partial charge on any atom is -0.468 e. The summed E-state index contributed by atoms with van der Waals surface area (Å²) in [6.07, 6.45) is 2.60. The summed E-state index contributed by atoms with van der Waals surface area (Å²) >= 11 is 0. The molecule has 0 aromatic carbocycles. The summed E-state index contributed by atoms with van der Waals surface area (Å²) in [5, 5.41) is 7.73. The van der Waals surface area contributed by atoms with Crippen molar-refractivity contribution in [2.75, 3.05) is 7.05 Å². The molecular weight excluding hydrogens is 214 g/mol. The zero-order chi connectivity index (χ0) is 12.3. The lowest BCUT2D eigenvalue weighted by atomic mass is 10.1. The monoisotopic (exact) mass is 233 g/mol. The van der Waals surface area contributed by atoms with E-state index in [4.69, 9.17) is 4.42 Å². The third-order valence-corrected chi connectivity index (χ3v) is 2.93. The quantitative estimate of drug-likeness (QED) is 0.861. The lowest BCUT2D eigenvalue weighted by Crippen LogP contribution is -2.20. The van der Waals surface area contributed by atoms with Gasteiger partial charge < -0.3 is 9.73 Å². The Morgan fingerprint density at radius 2 is 2.35 bits per heavy atom. The van der Waals surface area contributed by atoms with Crippen molar-refractivity contribution in [3.05, 3.63) is 41.6 Å². The number of likely N-dealkylation sites (N-methyl/N-ethyl adjacent to an activating group) is 1. The van der Waals surface area contributed by atoms with E-state index < -0.39 is 0 Å². The smallest absolute Gasteiger partial charge is 0.121 e. The van der Waals surface area contributed by atoms with Crippen LogP contribution in [-0.2, 0) is 13.0 Å². The van der Waals surface area contributed by atoms with Crippen molar-refractivity contribution in [2.24, 2.45) is 0 Å². The van der Waals surface area contributed by atoms with E-state index in [1.807, 2.05) is 30.8 Å². The van der Waals surface area contributed by atoms with E-state index in [0.717, 1.165) is 24.4 Å². The third kappa shape index (κ3) is 2.58. The molecule has 2 aromatic heterocycles. The van der Waals surface area contributed by atoms with Crippen molar-refractivity contribution in [3.63, 3.8) is 0 Å². The molecule has 0 saturated carbocycles. The molecule has 1 N–H and O–H groups in total. The molecule has 2 aromatic rings. The second-order valence-corrected chi connectivity index (χ2v) is 4.15. The average molecular weight is 233 g/mol. The van der Waals surface area contributed by atoms with Crippen molar-refractivity contribution in [1.29, 1.82) is 0 Å². The minimum absolute atomic E-state index is 0.200. The highest BCUT2D eigenvalue weighted by molar-refractivity contribution is 5.14. The molecule has 4 nitrogen and oxygen atoms in total. The molecule has 1 unspecified atom stereocenters. The Morgan fingerprint density at radius 3 is 2.94 bits per heavy atom. The third-order valence-electron chi connectivity index (χ3n) is 2.93. The first-order valence-corrected chi connectivity index (χ1v) is 5.98. The number of furan rings is 1. The van der Waals surface area contributed by atoms with Crippen LogP contribution in [0.3, 0.4) is 0 Å². The van der Waals surface area contributed by atoms with E-state index >= 15 is 0 Å². The van der Waals surface area contributed by atoms with Crippen LogP contribution in [0.5, 0.6) is 0 Å². The summed E-state index contributed by atoms with van der Waals surface area (Å²) in [7, 11) is 1.95. The molecule has 0 spiro atoms. The lowest BCUT2D eigenvalue weighted by molar-refractivity contribution is 0.421. The minimum atomic E-state index is 0.200. The maximum absolute atomic E-state index is 5.45. The van der Waals surface area contributed by atoms with Gasteiger partial charge in [-0.15, -0.1) is 0 Å². The fraction of sp³-hybridized carbons (Fsp3) is 0.462. The first-order chi connectivity index (χ1) is 8.24. The number of aromatic nitrogens is 2. The Morgan fingerprint density at radius 1 is 1.53 bits per heavy atom. The highest BCUT2D eigenvalue weighted by atomic mass is 16.3. The van der Waals surface area contributed by atoms with E-state index in [2.05, 4.69) is 23.4 Å². The van der Waals surface area contributed by atoms with Gasteiger partial charge in [0.15, 0.2) is 0 Å². The van der Waals surface area contributed by atoms with Gasteiger partial charge in [0.05, 0.1) is 18.0 Å². The van der Waals surface area contributed by atoms with Gasteiger partial charge in [0.2, 0.25) is 0 Å². The predicted molar refractivity (Wildman–Crippen MR) is 66.9 cm³/mol. The summed E-state index contributed by atoms with van der Waals surface area (Å²) in [4.78, 5) is 0. The van der Waals surface area contributed by atoms with Crippen molar-refractivity contribution < 1.29 is 4.42 Å². The van der Waals surface area contributed by atoms with Crippen molar-refractivity contribution in [3.8, 4) is 0 Å². The Bertz CT molecular complexity index is 459. The van der Waals surface area contributed by atoms with Gasteiger partial charge in [-0.25, -0.2) is 0 Å². The van der Waals surface area contributed by atoms with Crippen molar-refractivity contribution in [1.82, 2.24) is 15.1 Å². The first kappa shape index (κ1) is 11.9. The van der Waals surface area contributed by atoms with Crippen LogP contribution in [0, 0.1) is 6.92 Å². The van der Waals surface area contributed by atoms with Crippen molar-refractivity contribution >= 4 is 0 Å². The molecule has 0 bridgehead atoms. The number of nitrogens with one attached hydrogen (secondary N) is 1. The molecule has 0 saturated heterocycles. The fourth-order valence-electron chi connectivity index (χ4n) is 2.08. The molecule has 0 fully saturated rings. The predicted octanol–water partition coefficient (Wildman–Crippen LogP) is 2.31. The molecule has 17 heavy (non-hydrogen) atoms. The van der Waals surface area contributed by atoms with Crippen LogP contribution in [0.15, 0.2) is 28.9 Å². The number of nitrogens with zero attached hydrogens (tertiary/aromatic N) is 2. The highest BCUT2D eigenvalue weighted by Crippen LogP contribution is 2.19. The van der Waals surface area contributed by atoms with Gasteiger partial charge >= 0.3 is 0 Å². The summed E-state index contributed by atoms with van der Waals surface area (Å²) < 4.78 is 7.49. The fourth-order valence-corrected chi connectivity index (χ4v) is 2.08. The molecule has 0 aliphatic carbocycles. The average Bonchev–Trinajstić information content (AvgIpc) is 2.94. The molecule has 0 radical (unpaired) electrons. The Balaban J connectivity index is 2.18. The van der Waals surface area contributed by atoms with E-state index in [0.29, 0.717) is 0 Å². The zero-order valence-electron chi connectivity index (χ0n) is 10.6. The van der Waals surface area contributed by atoms with Crippen molar-refractivity contribution in [2.45, 2.75) is 32.9 Å². The van der Waals surface area contributed by atoms with Crippen LogP contribution in [0.2, 0.25) is 0 Å². The first-order valence-electron chi connectivity index (χ1n) is 5.98. The van der Waals surface area contributed by atoms with Crippen LogP contribution >= 0.6 is 0 Å². The van der Waals surface area contributed by atoms with Crippen LogP contribution in [-0.4, -0.2) is 16.8 Å². The summed E-state index contributed by atoms with van der Waals surface area (Å²) in [5.41, 5.74) is 2.30. The summed E-state index contributed by atoms with van der Waals surface area (Å²) in [6, 6.07) is 6.26. The van der Waals surface area contributed by atoms with Crippen LogP contribution in [0.4, 0.5) is 0 Å². The Hall–Kier alpha value is -1.55. The SMILES string of the molecule is CCn1nc(C)cc1CC(NC)c1ccco1. The van der Waals surface area contributed by atoms with E-state index in [1.54, 1.807) is 6.26 Å². The zero-order valence-corrected chi connectivity index (χ0v) is 10.6. The topological polar surface area (TPSA) is 43.0 Å². The van der Waals surface area contributed by atoms with Gasteiger partial charge in [0.1, 0.15) is 5.76 Å². The number of hydrogen-bond donors (Lipinski definition) is 1. The molecule has 2 rings (SSSR count). The van der Waals surface area contributed by atoms with E-state index in [-0.39, 0.29) is 6.04 Å². The molecule has 92 valence electrons. The molecule has 1 atom stereocenters. The number of hydrogen-bond acceptors (Lipinski definition) is 3. The lowest BCUT2D eigenvalue weighted by Gasteiger charge is -2.14. The van der Waals surface area contributed by atoms with E-state index in [9.17, 15) is 0 Å². The van der Waals surface area contributed by atoms with Gasteiger partial charge in [-0.1, -0.05) is 0 Å². The number of rotatable bonds is 5. The Labute approximate surface area is 102 Å². The molecule has 0 amide bonds. The van der Waals surface area contributed by atoms with Crippen LogP contribution < -0.4 is 5.32 Å². The molecule has 0 aliphatic rings. The second-order valence-electron chi connectivity index (χ2n) is 4.15. The second kappa shape index (κ2) is 5.19. The largest absolute Gasteiger partial charge is 0.468 e. The Kier molecular flexibility index (Phi) is 3.64. The standard InChI is InChI=1S/C13H19N3O/c1-4-16-11(8-10(2)15-16)9-12(14-3)13-6-5-7-17-13/h5-8,12,14H,4,9H2,1-3H3. The summed E-state index contributed by atoms with van der Waals surface area (Å²) in [5.74, 6) is 0.967. The van der Waals surface area contributed by atoms with E-state index in [1.165, 1.54) is 5.69 Å². The molecular formula is C13H19N3O. The van der Waals surface area contributed by atoms with Gasteiger partial charge in [-0.05, 0) is 39.1 Å². The highest BCUT2D eigenvalue weighted by Gasteiger charge is 2.15. The molecule has 4 heteroatoms. The van der Waals surface area contributed by atoms with Gasteiger partial charge in [-0.3, -0.25) is 4.68 Å². The maximum atomic E-state index is 5.45. The van der Waals surface area contributed by atoms with Gasteiger partial charge in [0, 0.05) is 18.7 Å². The maximum Gasteiger partial charge on any atom is 0.121 e. The molecule has 0 aliphatic heterocycles. The van der Waals surface area contributed by atoms with Gasteiger partial charge in [0.25, 0.3) is 0 Å². The molecule has 2 heterocycles. The summed E-state index contributed by atoms with van der Waals surface area (Å²) in [6.45, 7) is 5.03. The van der Waals surface area contributed by atoms with Gasteiger partial charge in [-0.2, -0.15) is 5.10 Å².